The fourth-order valence-electron chi connectivity index (χ4n) is 4.21. The fourth-order valence-corrected chi connectivity index (χ4v) is 4.21. The number of ether oxygens (including phenoxy) is 1. The van der Waals surface area contributed by atoms with E-state index in [4.69, 9.17) is 4.74 Å². The molecule has 0 amide bonds. The first kappa shape index (κ1) is 20.3. The Hall–Kier alpha value is -5.56. The normalized spacial score (nSPS) is 11.0. The summed E-state index contributed by atoms with van der Waals surface area (Å²) in [5, 5.41) is 39.3. The third kappa shape index (κ3) is 3.01. The van der Waals surface area contributed by atoms with Crippen molar-refractivity contribution in [3.8, 4) is 46.9 Å². The number of para-hydroxylation sites is 5. The van der Waals surface area contributed by atoms with Crippen molar-refractivity contribution in [1.29, 1.82) is 21.0 Å². The van der Waals surface area contributed by atoms with Gasteiger partial charge >= 0.3 is 0 Å². The van der Waals surface area contributed by atoms with E-state index in [2.05, 4.69) is 12.1 Å². The van der Waals surface area contributed by atoms with Gasteiger partial charge < -0.3 is 9.64 Å². The zero-order chi connectivity index (χ0) is 23.7. The summed E-state index contributed by atoms with van der Waals surface area (Å²) in [5.74, 6) is 1.31. The Bertz CT molecular complexity index is 1550. The molecule has 1 aliphatic heterocycles. The van der Waals surface area contributed by atoms with Crippen LogP contribution >= 0.6 is 0 Å². The number of nitrogens with zero attached hydrogens (tertiary/aromatic N) is 5. The molecule has 0 bridgehead atoms. The van der Waals surface area contributed by atoms with Crippen LogP contribution in [-0.4, -0.2) is 0 Å². The highest BCUT2D eigenvalue weighted by Crippen LogP contribution is 2.52. The van der Waals surface area contributed by atoms with Gasteiger partial charge in [0.1, 0.15) is 24.3 Å². The maximum atomic E-state index is 9.97. The minimum Gasteiger partial charge on any atom is -0.453 e. The Morgan fingerprint density at radius 2 is 1.03 bits per heavy atom. The van der Waals surface area contributed by atoms with Crippen molar-refractivity contribution in [3.05, 3.63) is 101 Å². The molecular formula is C28H13N5O. The van der Waals surface area contributed by atoms with Crippen LogP contribution in [0.4, 0.5) is 17.1 Å². The summed E-state index contributed by atoms with van der Waals surface area (Å²) in [6.07, 6.45) is 0. The molecule has 0 radical (unpaired) electrons. The molecule has 4 aromatic rings. The van der Waals surface area contributed by atoms with Gasteiger partial charge in [-0.05, 0) is 36.4 Å². The van der Waals surface area contributed by atoms with Gasteiger partial charge in [-0.1, -0.05) is 42.5 Å². The van der Waals surface area contributed by atoms with Crippen molar-refractivity contribution in [3.63, 3.8) is 0 Å². The van der Waals surface area contributed by atoms with Crippen molar-refractivity contribution in [1.82, 2.24) is 0 Å². The van der Waals surface area contributed by atoms with E-state index in [9.17, 15) is 21.0 Å². The Morgan fingerprint density at radius 1 is 0.559 bits per heavy atom. The number of anilines is 3. The van der Waals surface area contributed by atoms with Gasteiger partial charge in [-0.15, -0.1) is 0 Å². The van der Waals surface area contributed by atoms with E-state index in [1.165, 1.54) is 6.07 Å². The highest BCUT2D eigenvalue weighted by atomic mass is 16.5. The van der Waals surface area contributed by atoms with Gasteiger partial charge in [0.05, 0.1) is 39.3 Å². The van der Waals surface area contributed by atoms with Crippen LogP contribution in [-0.2, 0) is 0 Å². The lowest BCUT2D eigenvalue weighted by molar-refractivity contribution is 0.477. The number of benzene rings is 4. The molecule has 0 atom stereocenters. The maximum absolute atomic E-state index is 9.97. The summed E-state index contributed by atoms with van der Waals surface area (Å²) in [5.41, 5.74) is 3.26. The Balaban J connectivity index is 1.89. The molecule has 34 heavy (non-hydrogen) atoms. The van der Waals surface area contributed by atoms with Crippen LogP contribution in [0.15, 0.2) is 78.9 Å². The lowest BCUT2D eigenvalue weighted by atomic mass is 9.87. The van der Waals surface area contributed by atoms with Crippen LogP contribution in [0.3, 0.4) is 0 Å². The molecule has 156 valence electrons. The van der Waals surface area contributed by atoms with Crippen LogP contribution in [0.2, 0.25) is 0 Å². The summed E-state index contributed by atoms with van der Waals surface area (Å²) < 4.78 is 6.11. The van der Waals surface area contributed by atoms with E-state index in [0.717, 1.165) is 11.4 Å². The summed E-state index contributed by atoms with van der Waals surface area (Å²) in [7, 11) is 0. The molecule has 1 heterocycles. The third-order valence-corrected chi connectivity index (χ3v) is 5.64. The van der Waals surface area contributed by atoms with Gasteiger partial charge in [-0.2, -0.15) is 21.0 Å². The van der Waals surface area contributed by atoms with Crippen LogP contribution in [0.1, 0.15) is 22.3 Å². The first-order chi connectivity index (χ1) is 16.7. The second-order valence-electron chi connectivity index (χ2n) is 7.43. The monoisotopic (exact) mass is 435 g/mol. The number of nitriles is 4. The van der Waals surface area contributed by atoms with Crippen LogP contribution < -0.4 is 9.64 Å². The third-order valence-electron chi connectivity index (χ3n) is 5.64. The topological polar surface area (TPSA) is 108 Å². The van der Waals surface area contributed by atoms with Gasteiger partial charge in [0.2, 0.25) is 0 Å². The molecule has 0 fully saturated rings. The van der Waals surface area contributed by atoms with E-state index in [1.807, 2.05) is 77.7 Å². The van der Waals surface area contributed by atoms with E-state index < -0.39 is 0 Å². The van der Waals surface area contributed by atoms with Gasteiger partial charge in [-0.25, -0.2) is 0 Å². The highest BCUT2D eigenvalue weighted by molar-refractivity contribution is 5.96. The zero-order valence-electron chi connectivity index (χ0n) is 17.6. The number of hydrogen-bond acceptors (Lipinski definition) is 6. The van der Waals surface area contributed by atoms with Crippen LogP contribution in [0, 0.1) is 45.3 Å². The zero-order valence-corrected chi connectivity index (χ0v) is 17.6. The van der Waals surface area contributed by atoms with Crippen LogP contribution in [0.5, 0.6) is 11.5 Å². The van der Waals surface area contributed by atoms with E-state index in [-0.39, 0.29) is 27.8 Å². The molecule has 5 rings (SSSR count). The number of rotatable bonds is 2. The van der Waals surface area contributed by atoms with Gasteiger partial charge in [0.15, 0.2) is 11.5 Å². The second kappa shape index (κ2) is 8.18. The molecule has 0 unspecified atom stereocenters. The van der Waals surface area contributed by atoms with Gasteiger partial charge in [-0.3, -0.25) is 0 Å². The summed E-state index contributed by atoms with van der Waals surface area (Å²) in [6.45, 7) is 0. The minimum absolute atomic E-state index is 0.0469. The fraction of sp³-hybridized carbons (Fsp3) is 0. The standard InChI is InChI=1S/C28H13N5O/c29-14-18-13-19(15-30)22(17-32)28(21(18)16-31)20-7-1-2-8-23(20)33-24-9-3-5-11-26(24)34-27-12-6-4-10-25(27)33/h1-13H. The molecule has 4 aromatic carbocycles. The summed E-state index contributed by atoms with van der Waals surface area (Å²) >= 11 is 0. The number of hydrogen-bond donors (Lipinski definition) is 0. The molecule has 0 aromatic heterocycles. The average Bonchev–Trinajstić information content (AvgIpc) is 2.90. The minimum atomic E-state index is 0.0469. The average molecular weight is 435 g/mol. The lowest BCUT2D eigenvalue weighted by Crippen LogP contribution is -2.16. The van der Waals surface area contributed by atoms with E-state index in [1.54, 1.807) is 12.1 Å². The van der Waals surface area contributed by atoms with Crippen molar-refractivity contribution in [2.45, 2.75) is 0 Å². The molecular weight excluding hydrogens is 422 g/mol. The smallest absolute Gasteiger partial charge is 0.151 e. The maximum Gasteiger partial charge on any atom is 0.151 e. The molecule has 1 aliphatic rings. The second-order valence-corrected chi connectivity index (χ2v) is 7.43. The first-order valence-corrected chi connectivity index (χ1v) is 10.3. The van der Waals surface area contributed by atoms with Crippen LogP contribution in [0.25, 0.3) is 11.1 Å². The number of fused-ring (bicyclic) bond motifs is 2. The van der Waals surface area contributed by atoms with Crippen molar-refractivity contribution < 1.29 is 4.74 Å². The van der Waals surface area contributed by atoms with E-state index >= 15 is 0 Å². The van der Waals surface area contributed by atoms with E-state index in [0.29, 0.717) is 22.7 Å². The SMILES string of the molecule is N#Cc1cc(C#N)c(C#N)c(-c2ccccc2N2c3ccccc3Oc3ccccc32)c1C#N. The Kier molecular flexibility index (Phi) is 4.89. The molecule has 0 aliphatic carbocycles. The largest absolute Gasteiger partial charge is 0.453 e. The van der Waals surface area contributed by atoms with Crippen molar-refractivity contribution in [2.75, 3.05) is 4.90 Å². The lowest BCUT2D eigenvalue weighted by Gasteiger charge is -2.34. The van der Waals surface area contributed by atoms with Crippen molar-refractivity contribution >= 4 is 17.1 Å². The van der Waals surface area contributed by atoms with Crippen molar-refractivity contribution in [2.24, 2.45) is 0 Å². The van der Waals surface area contributed by atoms with Gasteiger partial charge in [0, 0.05) is 11.1 Å². The van der Waals surface area contributed by atoms with Gasteiger partial charge in [0.25, 0.3) is 0 Å². The molecule has 0 spiro atoms. The predicted molar refractivity (Wildman–Crippen MR) is 125 cm³/mol. The molecule has 6 nitrogen and oxygen atoms in total. The predicted octanol–water partition coefficient (Wildman–Crippen LogP) is 6.42. The molecule has 0 saturated heterocycles. The molecule has 0 N–H and O–H groups in total. The highest BCUT2D eigenvalue weighted by Gasteiger charge is 2.29. The first-order valence-electron chi connectivity index (χ1n) is 10.3. The molecule has 6 heteroatoms. The Morgan fingerprint density at radius 3 is 1.53 bits per heavy atom. The summed E-state index contributed by atoms with van der Waals surface area (Å²) in [4.78, 5) is 2.00. The quantitative estimate of drug-likeness (QED) is 0.317. The molecule has 0 saturated carbocycles. The summed E-state index contributed by atoms with van der Waals surface area (Å²) in [6, 6.07) is 31.9. The Labute approximate surface area is 196 Å².